The van der Waals surface area contributed by atoms with Crippen LogP contribution in [0.1, 0.15) is 18.1 Å². The van der Waals surface area contributed by atoms with E-state index >= 15 is 0 Å². The summed E-state index contributed by atoms with van der Waals surface area (Å²) in [5.41, 5.74) is 2.53. The van der Waals surface area contributed by atoms with Crippen LogP contribution in [-0.4, -0.2) is 19.1 Å². The predicted molar refractivity (Wildman–Crippen MR) is 80.5 cm³/mol. The van der Waals surface area contributed by atoms with E-state index in [0.29, 0.717) is 6.61 Å². The molecular formula is C17H19NO2. The zero-order valence-electron chi connectivity index (χ0n) is 11.6. The molecule has 2 aromatic rings. The number of benzene rings is 2. The second-order valence-electron chi connectivity index (χ2n) is 4.45. The summed E-state index contributed by atoms with van der Waals surface area (Å²) >= 11 is 0. The smallest absolute Gasteiger partial charge is 0.219 e. The minimum absolute atomic E-state index is 0.154. The van der Waals surface area contributed by atoms with Crippen molar-refractivity contribution in [3.8, 4) is 5.75 Å². The molecule has 0 aromatic heterocycles. The number of ether oxygens (including phenoxy) is 2. The van der Waals surface area contributed by atoms with Gasteiger partial charge in [0.1, 0.15) is 5.75 Å². The molecule has 0 aliphatic carbocycles. The number of nitrogens with one attached hydrogen (secondary N) is 1. The molecule has 0 heterocycles. The molecule has 3 heteroatoms. The molecule has 0 atom stereocenters. The molecule has 0 spiro atoms. The summed E-state index contributed by atoms with van der Waals surface area (Å²) < 4.78 is 10.5. The Morgan fingerprint density at radius 3 is 2.25 bits per heavy atom. The molecule has 0 aliphatic heterocycles. The molecule has 2 aromatic carbocycles. The monoisotopic (exact) mass is 269 g/mol. The quantitative estimate of drug-likeness (QED) is 0.642. The van der Waals surface area contributed by atoms with Crippen molar-refractivity contribution in [1.29, 1.82) is 5.41 Å². The Labute approximate surface area is 119 Å². The number of rotatable bonds is 6. The lowest BCUT2D eigenvalue weighted by Crippen LogP contribution is -2.13. The highest BCUT2D eigenvalue weighted by atomic mass is 16.5. The first-order chi connectivity index (χ1) is 9.78. The van der Waals surface area contributed by atoms with Crippen LogP contribution in [0.5, 0.6) is 5.75 Å². The van der Waals surface area contributed by atoms with Gasteiger partial charge in [-0.3, -0.25) is 5.41 Å². The maximum absolute atomic E-state index is 7.48. The molecule has 104 valence electrons. The van der Waals surface area contributed by atoms with Gasteiger partial charge in [0.05, 0.1) is 6.61 Å². The Morgan fingerprint density at radius 2 is 1.60 bits per heavy atom. The zero-order valence-corrected chi connectivity index (χ0v) is 11.6. The predicted octanol–water partition coefficient (Wildman–Crippen LogP) is 3.67. The topological polar surface area (TPSA) is 42.3 Å². The van der Waals surface area contributed by atoms with Crippen molar-refractivity contribution in [2.75, 3.05) is 13.2 Å². The van der Waals surface area contributed by atoms with Gasteiger partial charge in [0.2, 0.25) is 5.90 Å². The Kier molecular flexibility index (Phi) is 5.18. The second kappa shape index (κ2) is 7.34. The molecule has 0 bridgehead atoms. The van der Waals surface area contributed by atoms with Gasteiger partial charge in [-0.2, -0.15) is 0 Å². The van der Waals surface area contributed by atoms with Crippen molar-refractivity contribution in [3.05, 3.63) is 65.7 Å². The first-order valence-electron chi connectivity index (χ1n) is 6.74. The summed E-state index contributed by atoms with van der Waals surface area (Å²) in [5.74, 6) is 0.909. The third-order valence-electron chi connectivity index (χ3n) is 2.86. The van der Waals surface area contributed by atoms with Gasteiger partial charge in [-0.1, -0.05) is 42.5 Å². The number of hydrogen-bond donors (Lipinski definition) is 1. The summed E-state index contributed by atoms with van der Waals surface area (Å²) in [7, 11) is 0. The summed E-state index contributed by atoms with van der Waals surface area (Å²) in [5, 5.41) is 7.48. The van der Waals surface area contributed by atoms with Crippen LogP contribution >= 0.6 is 0 Å². The summed E-state index contributed by atoms with van der Waals surface area (Å²) in [6, 6.07) is 18.3. The highest BCUT2D eigenvalue weighted by Crippen LogP contribution is 2.15. The van der Waals surface area contributed by atoms with Crippen molar-refractivity contribution in [2.24, 2.45) is 0 Å². The van der Waals surface area contributed by atoms with Gasteiger partial charge in [0.25, 0.3) is 0 Å². The lowest BCUT2D eigenvalue weighted by molar-refractivity contribution is 0.273. The Hall–Kier alpha value is -2.29. The minimum atomic E-state index is 0.154. The lowest BCUT2D eigenvalue weighted by Gasteiger charge is -2.08. The first-order valence-corrected chi connectivity index (χ1v) is 6.74. The molecule has 1 N–H and O–H groups in total. The largest absolute Gasteiger partial charge is 0.484 e. The van der Waals surface area contributed by atoms with E-state index in [2.05, 4.69) is 12.1 Å². The van der Waals surface area contributed by atoms with E-state index in [4.69, 9.17) is 14.9 Å². The van der Waals surface area contributed by atoms with E-state index in [-0.39, 0.29) is 12.5 Å². The van der Waals surface area contributed by atoms with Gasteiger partial charge in [-0.05, 0) is 36.6 Å². The summed E-state index contributed by atoms with van der Waals surface area (Å²) in [6.45, 7) is 2.52. The average Bonchev–Trinajstić information content (AvgIpc) is 2.48. The molecule has 20 heavy (non-hydrogen) atoms. The molecule has 3 nitrogen and oxygen atoms in total. The third-order valence-corrected chi connectivity index (χ3v) is 2.86. The van der Waals surface area contributed by atoms with Gasteiger partial charge in [0, 0.05) is 0 Å². The maximum Gasteiger partial charge on any atom is 0.219 e. The maximum atomic E-state index is 7.48. The average molecular weight is 269 g/mol. The van der Waals surface area contributed by atoms with Crippen molar-refractivity contribution < 1.29 is 9.47 Å². The van der Waals surface area contributed by atoms with Crippen LogP contribution in [0.25, 0.3) is 0 Å². The molecule has 0 saturated carbocycles. The van der Waals surface area contributed by atoms with Crippen molar-refractivity contribution in [3.63, 3.8) is 0 Å². The van der Waals surface area contributed by atoms with Crippen LogP contribution in [-0.2, 0) is 11.2 Å². The molecule has 0 amide bonds. The van der Waals surface area contributed by atoms with Crippen LogP contribution in [0.15, 0.2) is 54.6 Å². The lowest BCUT2D eigenvalue weighted by atomic mass is 10.1. The van der Waals surface area contributed by atoms with Gasteiger partial charge < -0.3 is 9.47 Å². The van der Waals surface area contributed by atoms with Crippen molar-refractivity contribution in [1.82, 2.24) is 0 Å². The van der Waals surface area contributed by atoms with Crippen LogP contribution in [0, 0.1) is 5.41 Å². The highest BCUT2D eigenvalue weighted by molar-refractivity contribution is 5.74. The second-order valence-corrected chi connectivity index (χ2v) is 4.45. The summed E-state index contributed by atoms with van der Waals surface area (Å²) in [6.07, 6.45) is 0.913. The van der Waals surface area contributed by atoms with Gasteiger partial charge in [0.15, 0.2) is 6.61 Å². The van der Waals surface area contributed by atoms with Crippen LogP contribution in [0.4, 0.5) is 0 Å². The first kappa shape index (κ1) is 14.1. The van der Waals surface area contributed by atoms with Gasteiger partial charge in [-0.25, -0.2) is 0 Å². The standard InChI is InChI=1S/C17H19NO2/c1-2-19-17(18)13-20-16-10-8-15(9-11-16)12-14-6-4-3-5-7-14/h3-11,18H,2,12-13H2,1H3. The molecule has 0 aliphatic rings. The van der Waals surface area contributed by atoms with Crippen molar-refractivity contribution in [2.45, 2.75) is 13.3 Å². The normalized spacial score (nSPS) is 10.1. The SMILES string of the molecule is CCOC(=N)COc1ccc(Cc2ccccc2)cc1. The Balaban J connectivity index is 1.88. The van der Waals surface area contributed by atoms with Crippen molar-refractivity contribution >= 4 is 5.90 Å². The van der Waals surface area contributed by atoms with E-state index in [1.54, 1.807) is 0 Å². The summed E-state index contributed by atoms with van der Waals surface area (Å²) in [4.78, 5) is 0. The third kappa shape index (κ3) is 4.43. The van der Waals surface area contributed by atoms with Gasteiger partial charge in [-0.15, -0.1) is 0 Å². The Bertz CT molecular complexity index is 535. The van der Waals surface area contributed by atoms with Crippen LogP contribution in [0.2, 0.25) is 0 Å². The van der Waals surface area contributed by atoms with E-state index < -0.39 is 0 Å². The Morgan fingerprint density at radius 1 is 0.950 bits per heavy atom. The fraction of sp³-hybridized carbons (Fsp3) is 0.235. The van der Waals surface area contributed by atoms with E-state index in [1.807, 2.05) is 49.4 Å². The fourth-order valence-electron chi connectivity index (χ4n) is 1.90. The molecular weight excluding hydrogens is 250 g/mol. The molecule has 0 radical (unpaired) electrons. The van der Waals surface area contributed by atoms with E-state index in [0.717, 1.165) is 12.2 Å². The zero-order chi connectivity index (χ0) is 14.2. The van der Waals surface area contributed by atoms with Crippen LogP contribution < -0.4 is 4.74 Å². The van der Waals surface area contributed by atoms with Gasteiger partial charge >= 0.3 is 0 Å². The highest BCUT2D eigenvalue weighted by Gasteiger charge is 2.00. The van der Waals surface area contributed by atoms with Crippen LogP contribution in [0.3, 0.4) is 0 Å². The minimum Gasteiger partial charge on any atom is -0.484 e. The van der Waals surface area contributed by atoms with E-state index in [9.17, 15) is 0 Å². The fourth-order valence-corrected chi connectivity index (χ4v) is 1.90. The van der Waals surface area contributed by atoms with E-state index in [1.165, 1.54) is 11.1 Å². The molecule has 2 rings (SSSR count). The molecule has 0 unspecified atom stereocenters. The molecule has 0 saturated heterocycles. The number of hydrogen-bond acceptors (Lipinski definition) is 3. The molecule has 0 fully saturated rings.